The SMILES string of the molecule is CC1(C)c2ccccc2N2c3ccc(N4c5ccccc5Oc5ccccc54)cc3C(C)(C)c3cccc1c32. The van der Waals surface area contributed by atoms with Crippen LogP contribution >= 0.6 is 0 Å². The van der Waals surface area contributed by atoms with Crippen LogP contribution in [0.4, 0.5) is 34.1 Å². The number of rotatable bonds is 1. The molecule has 0 saturated carbocycles. The van der Waals surface area contributed by atoms with Crippen LogP contribution in [0.1, 0.15) is 49.9 Å². The van der Waals surface area contributed by atoms with Gasteiger partial charge in [-0.25, -0.2) is 0 Å². The molecule has 5 aromatic rings. The van der Waals surface area contributed by atoms with E-state index in [0.717, 1.165) is 28.6 Å². The van der Waals surface area contributed by atoms with Gasteiger partial charge in [-0.2, -0.15) is 0 Å². The summed E-state index contributed by atoms with van der Waals surface area (Å²) >= 11 is 0. The number of ether oxygens (including phenoxy) is 1. The molecule has 0 atom stereocenters. The number of hydrogen-bond donors (Lipinski definition) is 0. The third-order valence-electron chi connectivity index (χ3n) is 9.01. The predicted octanol–water partition coefficient (Wildman–Crippen LogP) is 10.0. The Kier molecular flexibility index (Phi) is 4.35. The highest BCUT2D eigenvalue weighted by Crippen LogP contribution is 2.61. The van der Waals surface area contributed by atoms with Gasteiger partial charge in [-0.05, 0) is 70.8 Å². The zero-order valence-electron chi connectivity index (χ0n) is 22.7. The molecule has 0 fully saturated rings. The molecule has 0 amide bonds. The van der Waals surface area contributed by atoms with E-state index in [1.165, 1.54) is 39.3 Å². The van der Waals surface area contributed by atoms with Gasteiger partial charge in [-0.1, -0.05) is 88.4 Å². The fourth-order valence-electron chi connectivity index (χ4n) is 6.99. The van der Waals surface area contributed by atoms with E-state index in [1.54, 1.807) is 0 Å². The molecule has 0 radical (unpaired) electrons. The number of nitrogens with zero attached hydrogens (tertiary/aromatic N) is 2. The average Bonchev–Trinajstić information content (AvgIpc) is 2.95. The molecular formula is C36H30N2O. The van der Waals surface area contributed by atoms with Crippen LogP contribution in [-0.2, 0) is 10.8 Å². The maximum Gasteiger partial charge on any atom is 0.151 e. The Labute approximate surface area is 229 Å². The van der Waals surface area contributed by atoms with Gasteiger partial charge >= 0.3 is 0 Å². The van der Waals surface area contributed by atoms with Gasteiger partial charge in [-0.15, -0.1) is 0 Å². The molecule has 0 aliphatic carbocycles. The molecule has 0 unspecified atom stereocenters. The minimum atomic E-state index is -0.180. The Hall–Kier alpha value is -4.50. The summed E-state index contributed by atoms with van der Waals surface area (Å²) in [6.07, 6.45) is 0. The minimum absolute atomic E-state index is 0.0762. The highest BCUT2D eigenvalue weighted by atomic mass is 16.5. The van der Waals surface area contributed by atoms with Crippen LogP contribution in [0.25, 0.3) is 0 Å². The van der Waals surface area contributed by atoms with E-state index in [2.05, 4.69) is 122 Å². The van der Waals surface area contributed by atoms with Crippen molar-refractivity contribution >= 4 is 34.1 Å². The Bertz CT molecular complexity index is 1770. The zero-order chi connectivity index (χ0) is 26.5. The number of hydrogen-bond acceptors (Lipinski definition) is 3. The van der Waals surface area contributed by atoms with Gasteiger partial charge in [0.15, 0.2) is 11.5 Å². The molecule has 39 heavy (non-hydrogen) atoms. The van der Waals surface area contributed by atoms with Gasteiger partial charge in [-0.3, -0.25) is 0 Å². The Morgan fingerprint density at radius 3 is 1.64 bits per heavy atom. The second kappa shape index (κ2) is 7.54. The first-order valence-corrected chi connectivity index (χ1v) is 13.7. The van der Waals surface area contributed by atoms with E-state index in [9.17, 15) is 0 Å². The first-order valence-electron chi connectivity index (χ1n) is 13.7. The van der Waals surface area contributed by atoms with Crippen molar-refractivity contribution in [1.29, 1.82) is 0 Å². The molecule has 0 bridgehead atoms. The second-order valence-electron chi connectivity index (χ2n) is 11.9. The van der Waals surface area contributed by atoms with Gasteiger partial charge in [0, 0.05) is 16.5 Å². The molecule has 3 nitrogen and oxygen atoms in total. The van der Waals surface area contributed by atoms with E-state index in [4.69, 9.17) is 4.74 Å². The Morgan fingerprint density at radius 2 is 0.974 bits per heavy atom. The molecular weight excluding hydrogens is 476 g/mol. The lowest BCUT2D eigenvalue weighted by atomic mass is 9.66. The van der Waals surface area contributed by atoms with E-state index in [0.29, 0.717) is 0 Å². The number of anilines is 6. The molecule has 190 valence electrons. The smallest absolute Gasteiger partial charge is 0.151 e. The van der Waals surface area contributed by atoms with E-state index < -0.39 is 0 Å². The van der Waals surface area contributed by atoms with Crippen molar-refractivity contribution in [2.24, 2.45) is 0 Å². The summed E-state index contributed by atoms with van der Waals surface area (Å²) in [5.74, 6) is 1.74. The normalized spacial score (nSPS) is 16.7. The third kappa shape index (κ3) is 2.88. The fourth-order valence-corrected chi connectivity index (χ4v) is 6.99. The molecule has 0 spiro atoms. The average molecular weight is 507 g/mol. The summed E-state index contributed by atoms with van der Waals surface area (Å²) in [6, 6.07) is 39.4. The van der Waals surface area contributed by atoms with Gasteiger partial charge in [0.25, 0.3) is 0 Å². The Balaban J connectivity index is 1.39. The first kappa shape index (κ1) is 22.5. The number of para-hydroxylation sites is 6. The quantitative estimate of drug-likeness (QED) is 0.221. The molecule has 8 rings (SSSR count). The minimum Gasteiger partial charge on any atom is -0.453 e. The topological polar surface area (TPSA) is 15.7 Å². The maximum atomic E-state index is 6.29. The van der Waals surface area contributed by atoms with Crippen molar-refractivity contribution in [3.8, 4) is 11.5 Å². The largest absolute Gasteiger partial charge is 0.453 e. The molecule has 3 aliphatic heterocycles. The first-order chi connectivity index (χ1) is 18.9. The van der Waals surface area contributed by atoms with Crippen LogP contribution in [0, 0.1) is 0 Å². The maximum absolute atomic E-state index is 6.29. The predicted molar refractivity (Wildman–Crippen MR) is 160 cm³/mol. The fraction of sp³-hybridized carbons (Fsp3) is 0.167. The number of fused-ring (bicyclic) bond motifs is 6. The number of benzene rings is 5. The van der Waals surface area contributed by atoms with Crippen molar-refractivity contribution in [2.45, 2.75) is 38.5 Å². The summed E-state index contributed by atoms with van der Waals surface area (Å²) in [5, 5.41) is 0. The molecule has 3 heteroatoms. The van der Waals surface area contributed by atoms with E-state index in [-0.39, 0.29) is 10.8 Å². The standard InChI is InChI=1S/C36H30N2O/c1-35(2)24-12-5-6-15-28(24)38-29-21-20-23(22-27(29)36(3,4)26-14-11-13-25(35)34(26)38)37-30-16-7-9-18-32(30)39-33-19-10-8-17-31(33)37/h5-22H,1-4H3. The van der Waals surface area contributed by atoms with E-state index in [1.807, 2.05) is 24.3 Å². The zero-order valence-corrected chi connectivity index (χ0v) is 22.7. The van der Waals surface area contributed by atoms with Crippen LogP contribution in [-0.4, -0.2) is 0 Å². The van der Waals surface area contributed by atoms with Crippen molar-refractivity contribution in [3.63, 3.8) is 0 Å². The lowest BCUT2D eigenvalue weighted by Gasteiger charge is -2.49. The van der Waals surface area contributed by atoms with Crippen LogP contribution < -0.4 is 14.5 Å². The van der Waals surface area contributed by atoms with Crippen molar-refractivity contribution < 1.29 is 4.74 Å². The lowest BCUT2D eigenvalue weighted by Crippen LogP contribution is -2.38. The van der Waals surface area contributed by atoms with Crippen molar-refractivity contribution in [3.05, 3.63) is 131 Å². The lowest BCUT2D eigenvalue weighted by molar-refractivity contribution is 0.477. The Morgan fingerprint density at radius 1 is 0.462 bits per heavy atom. The molecule has 3 aliphatic rings. The van der Waals surface area contributed by atoms with Crippen molar-refractivity contribution in [2.75, 3.05) is 9.80 Å². The van der Waals surface area contributed by atoms with E-state index >= 15 is 0 Å². The summed E-state index contributed by atoms with van der Waals surface area (Å²) in [5.41, 5.74) is 12.3. The van der Waals surface area contributed by atoms with Gasteiger partial charge in [0.2, 0.25) is 0 Å². The highest BCUT2D eigenvalue weighted by molar-refractivity contribution is 5.94. The highest BCUT2D eigenvalue weighted by Gasteiger charge is 2.45. The van der Waals surface area contributed by atoms with Gasteiger partial charge in [0.1, 0.15) is 0 Å². The molecule has 0 N–H and O–H groups in total. The molecule has 0 aromatic heterocycles. The van der Waals surface area contributed by atoms with Crippen LogP contribution in [0.2, 0.25) is 0 Å². The summed E-state index contributed by atoms with van der Waals surface area (Å²) in [7, 11) is 0. The monoisotopic (exact) mass is 506 g/mol. The van der Waals surface area contributed by atoms with Crippen LogP contribution in [0.3, 0.4) is 0 Å². The molecule has 3 heterocycles. The van der Waals surface area contributed by atoms with Gasteiger partial charge in [0.05, 0.1) is 28.4 Å². The summed E-state index contributed by atoms with van der Waals surface area (Å²) in [6.45, 7) is 9.46. The third-order valence-corrected chi connectivity index (χ3v) is 9.01. The second-order valence-corrected chi connectivity index (χ2v) is 11.9. The van der Waals surface area contributed by atoms with Crippen LogP contribution in [0.5, 0.6) is 11.5 Å². The summed E-state index contributed by atoms with van der Waals surface area (Å²) in [4.78, 5) is 4.85. The molecule has 0 saturated heterocycles. The van der Waals surface area contributed by atoms with Gasteiger partial charge < -0.3 is 14.5 Å². The summed E-state index contributed by atoms with van der Waals surface area (Å²) < 4.78 is 6.29. The van der Waals surface area contributed by atoms with Crippen molar-refractivity contribution in [1.82, 2.24) is 0 Å². The van der Waals surface area contributed by atoms with Crippen LogP contribution in [0.15, 0.2) is 109 Å². The molecule has 5 aromatic carbocycles.